The molecular weight excluding hydrogens is 775 g/mol. The van der Waals surface area contributed by atoms with E-state index in [1.807, 2.05) is 47.7 Å². The predicted molar refractivity (Wildman–Crippen MR) is 261 cm³/mol. The SMILES string of the molecule is CC(=NC(NC(N)c1ccccc1)c1cccc2sc3ccccc3c12)c1ccc(/C(=C/Cc2ccc3c(c2)-c2ccccc2C32CCCCC2)NC(N)c2ccccc2)cc1. The third kappa shape index (κ3) is 7.69. The summed E-state index contributed by atoms with van der Waals surface area (Å²) in [6.07, 6.45) is 8.29. The van der Waals surface area contributed by atoms with E-state index in [1.165, 1.54) is 80.1 Å². The van der Waals surface area contributed by atoms with E-state index in [2.05, 4.69) is 157 Å². The summed E-state index contributed by atoms with van der Waals surface area (Å²) in [6.45, 7) is 2.09. The third-order valence-electron chi connectivity index (χ3n) is 13.2. The fourth-order valence-corrected chi connectivity index (χ4v) is 11.2. The fourth-order valence-electron chi connectivity index (χ4n) is 10.0. The first-order valence-electron chi connectivity index (χ1n) is 22.1. The van der Waals surface area contributed by atoms with Crippen molar-refractivity contribution in [1.29, 1.82) is 0 Å². The van der Waals surface area contributed by atoms with Crippen molar-refractivity contribution in [1.82, 2.24) is 10.6 Å². The van der Waals surface area contributed by atoms with Crippen molar-refractivity contribution in [3.8, 4) is 11.1 Å². The first kappa shape index (κ1) is 40.0. The van der Waals surface area contributed by atoms with Gasteiger partial charge in [0.15, 0.2) is 0 Å². The van der Waals surface area contributed by atoms with E-state index in [0.717, 1.165) is 45.6 Å². The summed E-state index contributed by atoms with van der Waals surface area (Å²) in [7, 11) is 0. The first-order valence-corrected chi connectivity index (χ1v) is 22.9. The standard InChI is InChI=1S/C56H53N5S/c1-37(59-55(61-54(58)42-18-7-3-8-19-42)45-22-15-25-51-52(45)44-21-10-12-24-50(44)62-51)39-28-30-40(31-29-39)49(60-53(57)41-16-5-2-6-17-41)33-27-38-26-32-48-46(36-38)43-20-9-11-23-47(43)56(48)34-13-4-14-35-56/h2-3,5-12,15-26,28-33,36,53-55,60-61H,4,13-14,27,34-35,57-58H2,1H3/b49-33-,59-37?. The highest BCUT2D eigenvalue weighted by Crippen LogP contribution is 2.55. The number of aliphatic imine (C=N–C) groups is 1. The molecule has 1 spiro atoms. The van der Waals surface area contributed by atoms with Gasteiger partial charge in [-0.3, -0.25) is 10.3 Å². The molecule has 6 heteroatoms. The zero-order chi connectivity index (χ0) is 42.0. The maximum absolute atomic E-state index is 6.86. The van der Waals surface area contributed by atoms with E-state index < -0.39 is 6.17 Å². The maximum Gasteiger partial charge on any atom is 0.127 e. The van der Waals surface area contributed by atoms with Gasteiger partial charge in [-0.15, -0.1) is 11.3 Å². The minimum absolute atomic E-state index is 0.159. The zero-order valence-corrected chi connectivity index (χ0v) is 36.0. The van der Waals surface area contributed by atoms with Crippen molar-refractivity contribution in [2.24, 2.45) is 16.5 Å². The van der Waals surface area contributed by atoms with E-state index >= 15 is 0 Å². The Morgan fingerprint density at radius 1 is 0.645 bits per heavy atom. The van der Waals surface area contributed by atoms with Crippen LogP contribution in [0.1, 0.15) is 102 Å². The topological polar surface area (TPSA) is 88.5 Å². The van der Waals surface area contributed by atoms with Crippen LogP contribution >= 0.6 is 11.3 Å². The molecule has 1 saturated carbocycles. The molecule has 1 heterocycles. The Kier molecular flexibility index (Phi) is 11.2. The number of nitrogens with two attached hydrogens (primary N) is 2. The molecule has 0 bridgehead atoms. The van der Waals surface area contributed by atoms with Gasteiger partial charge in [-0.25, -0.2) is 0 Å². The molecule has 2 aliphatic rings. The predicted octanol–water partition coefficient (Wildman–Crippen LogP) is 12.9. The summed E-state index contributed by atoms with van der Waals surface area (Å²) in [5.74, 6) is 0. The van der Waals surface area contributed by atoms with Gasteiger partial charge < -0.3 is 16.8 Å². The molecular formula is C56H53N5S. The Hall–Kier alpha value is -6.15. The summed E-state index contributed by atoms with van der Waals surface area (Å²) < 4.78 is 2.50. The average molecular weight is 828 g/mol. The second kappa shape index (κ2) is 17.3. The fraction of sp³-hybridized carbons (Fsp3) is 0.196. The van der Waals surface area contributed by atoms with Crippen LogP contribution in [0.25, 0.3) is 37.0 Å². The number of fused-ring (bicyclic) bond motifs is 8. The number of hydrogen-bond acceptors (Lipinski definition) is 6. The molecule has 2 aliphatic carbocycles. The van der Waals surface area contributed by atoms with Gasteiger partial charge in [0.1, 0.15) is 12.3 Å². The van der Waals surface area contributed by atoms with Crippen molar-refractivity contribution in [3.63, 3.8) is 0 Å². The van der Waals surface area contributed by atoms with Crippen LogP contribution < -0.4 is 22.1 Å². The van der Waals surface area contributed by atoms with Crippen molar-refractivity contribution < 1.29 is 0 Å². The summed E-state index contributed by atoms with van der Waals surface area (Å²) >= 11 is 1.81. The molecule has 62 heavy (non-hydrogen) atoms. The molecule has 10 rings (SSSR count). The smallest absolute Gasteiger partial charge is 0.127 e. The van der Waals surface area contributed by atoms with Crippen molar-refractivity contribution in [2.45, 2.75) is 69.4 Å². The van der Waals surface area contributed by atoms with E-state index in [0.29, 0.717) is 0 Å². The lowest BCUT2D eigenvalue weighted by atomic mass is 9.68. The molecule has 6 N–H and O–H groups in total. The van der Waals surface area contributed by atoms with E-state index in [1.54, 1.807) is 0 Å². The minimum Gasteiger partial charge on any atom is -0.366 e. The molecule has 3 unspecified atom stereocenters. The number of nitrogens with one attached hydrogen (secondary N) is 2. The van der Waals surface area contributed by atoms with Crippen LogP contribution in [-0.4, -0.2) is 5.71 Å². The van der Waals surface area contributed by atoms with Crippen LogP contribution in [-0.2, 0) is 11.8 Å². The number of hydrogen-bond donors (Lipinski definition) is 4. The van der Waals surface area contributed by atoms with E-state index in [-0.39, 0.29) is 17.7 Å². The number of nitrogens with zero attached hydrogens (tertiary/aromatic N) is 1. The summed E-state index contributed by atoms with van der Waals surface area (Å²) in [5, 5.41) is 9.84. The van der Waals surface area contributed by atoms with Gasteiger partial charge in [0, 0.05) is 42.6 Å². The van der Waals surface area contributed by atoms with Crippen molar-refractivity contribution in [3.05, 3.63) is 220 Å². The molecule has 1 fully saturated rings. The minimum atomic E-state index is -0.415. The van der Waals surface area contributed by atoms with Crippen molar-refractivity contribution >= 4 is 42.9 Å². The van der Waals surface area contributed by atoms with Gasteiger partial charge in [0.2, 0.25) is 0 Å². The van der Waals surface area contributed by atoms with Crippen LogP contribution in [0.5, 0.6) is 0 Å². The lowest BCUT2D eigenvalue weighted by molar-refractivity contribution is 0.353. The summed E-state index contributed by atoms with van der Waals surface area (Å²) in [6, 6.07) is 60.6. The van der Waals surface area contributed by atoms with Gasteiger partial charge >= 0.3 is 0 Å². The second-order valence-corrected chi connectivity index (χ2v) is 18.1. The van der Waals surface area contributed by atoms with Gasteiger partial charge in [-0.1, -0.05) is 183 Å². The highest BCUT2D eigenvalue weighted by molar-refractivity contribution is 7.25. The Labute approximate surface area is 369 Å². The molecule has 0 aliphatic heterocycles. The number of thiophene rings is 1. The molecule has 8 aromatic rings. The van der Waals surface area contributed by atoms with E-state index in [9.17, 15) is 0 Å². The molecule has 1 aromatic heterocycles. The lowest BCUT2D eigenvalue weighted by Crippen LogP contribution is -2.32. The number of benzene rings is 7. The van der Waals surface area contributed by atoms with Crippen LogP contribution in [0, 0.1) is 0 Å². The Morgan fingerprint density at radius 3 is 2.06 bits per heavy atom. The number of allylic oxidation sites excluding steroid dienone is 1. The molecule has 7 aromatic carbocycles. The van der Waals surface area contributed by atoms with Gasteiger partial charge in [0.05, 0.1) is 6.17 Å². The highest BCUT2D eigenvalue weighted by Gasteiger charge is 2.43. The summed E-state index contributed by atoms with van der Waals surface area (Å²) in [4.78, 5) is 5.41. The molecule has 308 valence electrons. The molecule has 0 amide bonds. The monoisotopic (exact) mass is 827 g/mol. The van der Waals surface area contributed by atoms with Crippen LogP contribution in [0.15, 0.2) is 181 Å². The van der Waals surface area contributed by atoms with Gasteiger partial charge in [-0.05, 0) is 88.4 Å². The van der Waals surface area contributed by atoms with Gasteiger partial charge in [0.25, 0.3) is 0 Å². The summed E-state index contributed by atoms with van der Waals surface area (Å²) in [5.41, 5.74) is 28.2. The quantitative estimate of drug-likeness (QED) is 0.0730. The maximum atomic E-state index is 6.86. The number of rotatable bonds is 12. The largest absolute Gasteiger partial charge is 0.366 e. The van der Waals surface area contributed by atoms with Crippen LogP contribution in [0.2, 0.25) is 0 Å². The molecule has 0 saturated heterocycles. The molecule has 5 nitrogen and oxygen atoms in total. The Bertz CT molecular complexity index is 2910. The normalized spacial score (nSPS) is 16.2. The molecule has 3 atom stereocenters. The second-order valence-electron chi connectivity index (χ2n) is 17.0. The first-order chi connectivity index (χ1) is 30.4. The third-order valence-corrected chi connectivity index (χ3v) is 14.3. The molecule has 0 radical (unpaired) electrons. The van der Waals surface area contributed by atoms with Crippen LogP contribution in [0.4, 0.5) is 0 Å². The highest BCUT2D eigenvalue weighted by atomic mass is 32.1. The van der Waals surface area contributed by atoms with E-state index in [4.69, 9.17) is 16.5 Å². The zero-order valence-electron chi connectivity index (χ0n) is 35.2. The van der Waals surface area contributed by atoms with Crippen LogP contribution in [0.3, 0.4) is 0 Å². The Morgan fingerprint density at radius 2 is 1.29 bits per heavy atom. The average Bonchev–Trinajstić information content (AvgIpc) is 3.84. The lowest BCUT2D eigenvalue weighted by Gasteiger charge is -2.36. The van der Waals surface area contributed by atoms with Crippen molar-refractivity contribution in [2.75, 3.05) is 0 Å². The van der Waals surface area contributed by atoms with Gasteiger partial charge in [-0.2, -0.15) is 0 Å². The Balaban J connectivity index is 0.978.